The molecule has 176 valence electrons. The van der Waals surface area contributed by atoms with Crippen LogP contribution in [0.2, 0.25) is 10.0 Å². The number of aromatic nitrogens is 5. The number of ether oxygens (including phenoxy) is 1. The average Bonchev–Trinajstić information content (AvgIpc) is 3.18. The number of H-pyrrole nitrogens is 1. The Balaban J connectivity index is 1.63. The number of fused-ring (bicyclic) bond motifs is 1. The summed E-state index contributed by atoms with van der Waals surface area (Å²) >= 11 is 12.6. The first-order valence-corrected chi connectivity index (χ1v) is 11.5. The largest absolute Gasteiger partial charge is 0.370 e. The molecular formula is C25H19Cl2N5O3. The molecule has 0 radical (unpaired) electrons. The molecule has 0 unspecified atom stereocenters. The van der Waals surface area contributed by atoms with Gasteiger partial charge in [0, 0.05) is 23.5 Å². The van der Waals surface area contributed by atoms with Crippen molar-refractivity contribution in [2.45, 2.75) is 19.8 Å². The lowest BCUT2D eigenvalue weighted by molar-refractivity contribution is 0.103. The first-order valence-electron chi connectivity index (χ1n) is 10.7. The van der Waals surface area contributed by atoms with Crippen LogP contribution in [0.1, 0.15) is 17.0 Å². The van der Waals surface area contributed by atoms with Gasteiger partial charge in [0.25, 0.3) is 11.1 Å². The summed E-state index contributed by atoms with van der Waals surface area (Å²) in [5.41, 5.74) is 1.98. The first-order chi connectivity index (χ1) is 17.0. The Morgan fingerprint density at radius 1 is 0.943 bits per heavy atom. The lowest BCUT2D eigenvalue weighted by Crippen LogP contribution is -2.26. The number of halogens is 2. The van der Waals surface area contributed by atoms with Gasteiger partial charge in [0.1, 0.15) is 0 Å². The molecule has 5 rings (SSSR count). The molecule has 0 saturated heterocycles. The fourth-order valence-corrected chi connectivity index (χ4v) is 4.29. The maximum Gasteiger partial charge on any atom is 0.281 e. The summed E-state index contributed by atoms with van der Waals surface area (Å²) in [7, 11) is 0. The number of aromatic amines is 1. The Labute approximate surface area is 209 Å². The third-order valence-corrected chi connectivity index (χ3v) is 6.24. The molecule has 3 aromatic heterocycles. The minimum Gasteiger partial charge on any atom is -0.370 e. The highest BCUT2D eigenvalue weighted by atomic mass is 35.5. The van der Waals surface area contributed by atoms with E-state index in [0.717, 1.165) is 5.56 Å². The molecule has 10 heteroatoms. The summed E-state index contributed by atoms with van der Waals surface area (Å²) in [6, 6.07) is 15.7. The number of para-hydroxylation sites is 1. The van der Waals surface area contributed by atoms with Gasteiger partial charge < -0.3 is 9.30 Å². The quantitative estimate of drug-likeness (QED) is 0.353. The van der Waals surface area contributed by atoms with Gasteiger partial charge in [-0.2, -0.15) is 0 Å². The second-order valence-corrected chi connectivity index (χ2v) is 8.60. The number of hydrogen-bond acceptors (Lipinski definition) is 5. The molecule has 3 heterocycles. The second-order valence-electron chi connectivity index (χ2n) is 7.79. The van der Waals surface area contributed by atoms with Crippen molar-refractivity contribution >= 4 is 34.1 Å². The van der Waals surface area contributed by atoms with Crippen LogP contribution in [-0.4, -0.2) is 24.3 Å². The molecule has 2 aromatic carbocycles. The van der Waals surface area contributed by atoms with Crippen molar-refractivity contribution < 1.29 is 4.74 Å². The molecule has 0 bridgehead atoms. The Bertz CT molecular complexity index is 1630. The Morgan fingerprint density at radius 3 is 2.46 bits per heavy atom. The van der Waals surface area contributed by atoms with Crippen LogP contribution in [0, 0.1) is 0 Å². The van der Waals surface area contributed by atoms with Crippen LogP contribution in [0.25, 0.3) is 16.6 Å². The number of pyridine rings is 1. The molecule has 0 aliphatic carbocycles. The molecule has 8 nitrogen and oxygen atoms in total. The van der Waals surface area contributed by atoms with E-state index < -0.39 is 0 Å². The van der Waals surface area contributed by atoms with E-state index in [0.29, 0.717) is 38.0 Å². The number of benzene rings is 2. The van der Waals surface area contributed by atoms with Crippen molar-refractivity contribution in [3.05, 3.63) is 121 Å². The predicted molar refractivity (Wildman–Crippen MR) is 134 cm³/mol. The van der Waals surface area contributed by atoms with Gasteiger partial charge in [-0.3, -0.25) is 24.7 Å². The lowest BCUT2D eigenvalue weighted by Gasteiger charge is -2.14. The summed E-state index contributed by atoms with van der Waals surface area (Å²) in [6.45, 7) is 0.330. The molecule has 0 fully saturated rings. The van der Waals surface area contributed by atoms with Gasteiger partial charge in [-0.05, 0) is 23.8 Å². The highest BCUT2D eigenvalue weighted by Crippen LogP contribution is 2.22. The summed E-state index contributed by atoms with van der Waals surface area (Å²) in [6.07, 6.45) is 4.68. The molecule has 0 amide bonds. The van der Waals surface area contributed by atoms with Crippen molar-refractivity contribution in [1.82, 2.24) is 24.3 Å². The van der Waals surface area contributed by atoms with E-state index in [1.807, 2.05) is 18.2 Å². The zero-order valence-electron chi connectivity index (χ0n) is 18.3. The second kappa shape index (κ2) is 9.87. The molecule has 0 atom stereocenters. The van der Waals surface area contributed by atoms with Crippen LogP contribution >= 0.6 is 23.2 Å². The van der Waals surface area contributed by atoms with E-state index in [4.69, 9.17) is 27.9 Å². The van der Waals surface area contributed by atoms with Gasteiger partial charge in [-0.25, -0.2) is 4.68 Å². The highest BCUT2D eigenvalue weighted by Gasteiger charge is 2.19. The van der Waals surface area contributed by atoms with E-state index in [-0.39, 0.29) is 30.9 Å². The van der Waals surface area contributed by atoms with Crippen LogP contribution in [0.15, 0.2) is 82.8 Å². The molecular weight excluding hydrogens is 489 g/mol. The van der Waals surface area contributed by atoms with Gasteiger partial charge in [-0.15, -0.1) is 0 Å². The Kier molecular flexibility index (Phi) is 6.50. The summed E-state index contributed by atoms with van der Waals surface area (Å²) in [4.78, 5) is 35.1. The number of rotatable bonds is 7. The van der Waals surface area contributed by atoms with Crippen LogP contribution < -0.4 is 11.1 Å². The maximum absolute atomic E-state index is 13.6. The van der Waals surface area contributed by atoms with Crippen molar-refractivity contribution in [2.75, 3.05) is 0 Å². The van der Waals surface area contributed by atoms with Crippen LogP contribution in [0.3, 0.4) is 0 Å². The van der Waals surface area contributed by atoms with Crippen LogP contribution in [0.4, 0.5) is 0 Å². The zero-order chi connectivity index (χ0) is 24.4. The van der Waals surface area contributed by atoms with E-state index in [1.165, 1.54) is 15.3 Å². The van der Waals surface area contributed by atoms with E-state index >= 15 is 0 Å². The van der Waals surface area contributed by atoms with Crippen molar-refractivity contribution in [3.63, 3.8) is 0 Å². The monoisotopic (exact) mass is 507 g/mol. The van der Waals surface area contributed by atoms with Crippen molar-refractivity contribution in [3.8, 4) is 5.69 Å². The van der Waals surface area contributed by atoms with Gasteiger partial charge in [0.2, 0.25) is 0 Å². The van der Waals surface area contributed by atoms with E-state index in [1.54, 1.807) is 48.9 Å². The smallest absolute Gasteiger partial charge is 0.281 e. The topological polar surface area (TPSA) is 94.8 Å². The number of nitrogens with one attached hydrogen (secondary N) is 1. The number of hydrogen-bond donors (Lipinski definition) is 1. The minimum absolute atomic E-state index is 0.00627. The maximum atomic E-state index is 13.6. The third kappa shape index (κ3) is 4.64. The van der Waals surface area contributed by atoms with Crippen LogP contribution in [-0.2, 0) is 24.5 Å². The normalized spacial score (nSPS) is 11.3. The molecule has 5 aromatic rings. The number of nitrogens with zero attached hydrogens (tertiary/aromatic N) is 4. The fraction of sp³-hybridized carbons (Fsp3) is 0.120. The van der Waals surface area contributed by atoms with Gasteiger partial charge >= 0.3 is 0 Å². The fourth-order valence-electron chi connectivity index (χ4n) is 3.88. The SMILES string of the molecule is O=c1c2c(COCc3ccccc3Cl)n(Cc3cnccn3)c(=O)cc2[nH]n1-c1ccccc1Cl. The molecule has 0 spiro atoms. The van der Waals surface area contributed by atoms with Gasteiger partial charge in [-0.1, -0.05) is 53.5 Å². The van der Waals surface area contributed by atoms with Crippen LogP contribution in [0.5, 0.6) is 0 Å². The summed E-state index contributed by atoms with van der Waals surface area (Å²) < 4.78 is 8.76. The summed E-state index contributed by atoms with van der Waals surface area (Å²) in [5, 5.41) is 4.31. The predicted octanol–water partition coefficient (Wildman–Crippen LogP) is 4.34. The molecule has 1 N–H and O–H groups in total. The Morgan fingerprint density at radius 2 is 1.71 bits per heavy atom. The van der Waals surface area contributed by atoms with Crippen molar-refractivity contribution in [1.29, 1.82) is 0 Å². The highest BCUT2D eigenvalue weighted by molar-refractivity contribution is 6.32. The first kappa shape index (κ1) is 23.0. The lowest BCUT2D eigenvalue weighted by atomic mass is 10.2. The van der Waals surface area contributed by atoms with E-state index in [2.05, 4.69) is 15.1 Å². The minimum atomic E-state index is -0.350. The Hall–Kier alpha value is -3.72. The van der Waals surface area contributed by atoms with E-state index in [9.17, 15) is 9.59 Å². The molecule has 0 aliphatic rings. The zero-order valence-corrected chi connectivity index (χ0v) is 19.8. The summed E-state index contributed by atoms with van der Waals surface area (Å²) in [5.74, 6) is 0. The molecule has 0 aliphatic heterocycles. The third-order valence-electron chi connectivity index (χ3n) is 5.55. The molecule has 35 heavy (non-hydrogen) atoms. The molecule has 0 saturated carbocycles. The average molecular weight is 508 g/mol. The standard InChI is InChI=1S/C25H19Cl2N5O3/c26-18-6-2-1-5-16(18)14-35-15-22-24-20(11-23(33)31(22)13-17-12-28-9-10-29-17)30-32(25(24)34)21-8-4-3-7-19(21)27/h1-12,30H,13-15H2. The van der Waals surface area contributed by atoms with Crippen molar-refractivity contribution in [2.24, 2.45) is 0 Å². The van der Waals surface area contributed by atoms with Gasteiger partial charge in [0.15, 0.2) is 0 Å². The van der Waals surface area contributed by atoms with Gasteiger partial charge in [0.05, 0.1) is 59.0 Å².